The Labute approximate surface area is 149 Å². The molecule has 0 aliphatic rings. The van der Waals surface area contributed by atoms with Gasteiger partial charge in [0.2, 0.25) is 0 Å². The zero-order chi connectivity index (χ0) is 18.0. The molecule has 0 aliphatic heterocycles. The number of aryl methyl sites for hydroxylation is 1. The number of benzene rings is 2. The molecule has 0 amide bonds. The Hall–Kier alpha value is -2.18. The lowest BCUT2D eigenvalue weighted by atomic mass is 10.2. The van der Waals surface area contributed by atoms with Crippen LogP contribution in [-0.2, 0) is 25.7 Å². The van der Waals surface area contributed by atoms with E-state index in [2.05, 4.69) is 5.16 Å². The van der Waals surface area contributed by atoms with Gasteiger partial charge in [0, 0.05) is 6.21 Å². The second kappa shape index (κ2) is 9.96. The van der Waals surface area contributed by atoms with Crippen molar-refractivity contribution in [1.29, 1.82) is 0 Å². The van der Waals surface area contributed by atoms with Crippen molar-refractivity contribution in [3.63, 3.8) is 0 Å². The van der Waals surface area contributed by atoms with Crippen molar-refractivity contribution in [2.75, 3.05) is 6.61 Å². The van der Waals surface area contributed by atoms with E-state index in [4.69, 9.17) is 9.02 Å². The second-order valence-corrected chi connectivity index (χ2v) is 7.25. The van der Waals surface area contributed by atoms with Gasteiger partial charge in [0.1, 0.15) is 6.61 Å². The normalized spacial score (nSPS) is 11.7. The molecule has 0 atom stereocenters. The van der Waals surface area contributed by atoms with Crippen LogP contribution in [-0.4, -0.2) is 21.2 Å². The molecule has 0 spiro atoms. The summed E-state index contributed by atoms with van der Waals surface area (Å²) >= 11 is 0. The molecular formula is C19H23NO4S. The summed E-state index contributed by atoms with van der Waals surface area (Å²) < 4.78 is 29.0. The molecule has 0 bridgehead atoms. The fraction of sp³-hybridized carbons (Fsp3) is 0.316. The average molecular weight is 361 g/mol. The third kappa shape index (κ3) is 7.07. The summed E-state index contributed by atoms with van der Waals surface area (Å²) in [7, 11) is -3.67. The Morgan fingerprint density at radius 1 is 1.00 bits per heavy atom. The van der Waals surface area contributed by atoms with E-state index >= 15 is 0 Å². The Morgan fingerprint density at radius 3 is 2.44 bits per heavy atom. The molecule has 0 fully saturated rings. The van der Waals surface area contributed by atoms with Crippen LogP contribution in [0, 0.1) is 6.92 Å². The molecular weight excluding hydrogens is 338 g/mol. The first-order chi connectivity index (χ1) is 12.1. The van der Waals surface area contributed by atoms with Crippen molar-refractivity contribution in [2.24, 2.45) is 5.16 Å². The lowest BCUT2D eigenvalue weighted by Gasteiger charge is -2.05. The van der Waals surface area contributed by atoms with E-state index in [0.29, 0.717) is 19.4 Å². The zero-order valence-corrected chi connectivity index (χ0v) is 15.1. The van der Waals surface area contributed by atoms with Crippen LogP contribution in [0.3, 0.4) is 0 Å². The van der Waals surface area contributed by atoms with Crippen molar-refractivity contribution >= 4 is 16.3 Å². The quantitative estimate of drug-likeness (QED) is 0.277. The number of hydrogen-bond acceptors (Lipinski definition) is 5. The second-order valence-electron chi connectivity index (χ2n) is 5.63. The maximum atomic E-state index is 12.0. The smallest absolute Gasteiger partial charge is 0.296 e. The van der Waals surface area contributed by atoms with Gasteiger partial charge in [0.05, 0.1) is 11.5 Å². The lowest BCUT2D eigenvalue weighted by Crippen LogP contribution is -2.07. The molecule has 0 saturated heterocycles. The third-order valence-electron chi connectivity index (χ3n) is 3.50. The van der Waals surface area contributed by atoms with Gasteiger partial charge >= 0.3 is 0 Å². The van der Waals surface area contributed by atoms with Gasteiger partial charge in [-0.15, -0.1) is 0 Å². The largest absolute Gasteiger partial charge is 0.391 e. The van der Waals surface area contributed by atoms with Crippen molar-refractivity contribution in [3.05, 3.63) is 65.7 Å². The van der Waals surface area contributed by atoms with E-state index in [-0.39, 0.29) is 11.5 Å². The van der Waals surface area contributed by atoms with Crippen molar-refractivity contribution in [1.82, 2.24) is 0 Å². The van der Waals surface area contributed by atoms with Gasteiger partial charge in [-0.1, -0.05) is 53.2 Å². The van der Waals surface area contributed by atoms with Crippen molar-refractivity contribution in [2.45, 2.75) is 37.7 Å². The Balaban J connectivity index is 1.58. The summed E-state index contributed by atoms with van der Waals surface area (Å²) in [6, 6.07) is 16.4. The van der Waals surface area contributed by atoms with Crippen LogP contribution < -0.4 is 0 Å². The predicted octanol–water partition coefficient (Wildman–Crippen LogP) is 4.07. The first kappa shape index (κ1) is 19.1. The van der Waals surface area contributed by atoms with E-state index in [9.17, 15) is 8.42 Å². The Morgan fingerprint density at radius 2 is 1.72 bits per heavy atom. The summed E-state index contributed by atoms with van der Waals surface area (Å²) in [5.74, 6) is 0. The van der Waals surface area contributed by atoms with Gasteiger partial charge in [-0.3, -0.25) is 4.18 Å². The number of unbranched alkanes of at least 4 members (excludes halogenated alkanes) is 2. The van der Waals surface area contributed by atoms with Crippen LogP contribution in [0.1, 0.15) is 30.4 Å². The molecule has 2 aromatic carbocycles. The van der Waals surface area contributed by atoms with Crippen molar-refractivity contribution in [3.8, 4) is 0 Å². The molecule has 0 aliphatic carbocycles. The van der Waals surface area contributed by atoms with Crippen molar-refractivity contribution < 1.29 is 17.4 Å². The van der Waals surface area contributed by atoms with Crippen LogP contribution in [0.25, 0.3) is 0 Å². The molecule has 25 heavy (non-hydrogen) atoms. The molecule has 0 saturated carbocycles. The lowest BCUT2D eigenvalue weighted by molar-refractivity contribution is 0.131. The fourth-order valence-electron chi connectivity index (χ4n) is 2.07. The predicted molar refractivity (Wildman–Crippen MR) is 97.9 cm³/mol. The number of rotatable bonds is 10. The number of nitrogens with zero attached hydrogens (tertiary/aromatic N) is 1. The summed E-state index contributed by atoms with van der Waals surface area (Å²) in [5.41, 5.74) is 2.07. The molecule has 0 heterocycles. The zero-order valence-electron chi connectivity index (χ0n) is 14.3. The minimum atomic E-state index is -3.67. The maximum absolute atomic E-state index is 12.0. The minimum Gasteiger partial charge on any atom is -0.391 e. The van der Waals surface area contributed by atoms with E-state index in [1.54, 1.807) is 30.5 Å². The Kier molecular flexibility index (Phi) is 7.63. The molecule has 0 N–H and O–H groups in total. The number of oxime groups is 1. The van der Waals surface area contributed by atoms with E-state index < -0.39 is 10.1 Å². The first-order valence-corrected chi connectivity index (χ1v) is 9.62. The van der Waals surface area contributed by atoms with Crippen LogP contribution in [0.5, 0.6) is 0 Å². The Bertz CT molecular complexity index is 756. The monoisotopic (exact) mass is 361 g/mol. The molecule has 6 heteroatoms. The standard InChI is InChI=1S/C19H23NO4S/c1-17-10-12-19(13-11-17)25(21,22)24-15-7-3-6-14-20-23-16-18-8-4-2-5-9-18/h2,4-5,8-14H,3,6-7,15-16H2,1H3/b20-14+. The third-order valence-corrected chi connectivity index (χ3v) is 4.83. The number of hydrogen-bond donors (Lipinski definition) is 0. The first-order valence-electron chi connectivity index (χ1n) is 8.22. The highest BCUT2D eigenvalue weighted by Gasteiger charge is 2.13. The highest BCUT2D eigenvalue weighted by molar-refractivity contribution is 7.86. The fourth-order valence-corrected chi connectivity index (χ4v) is 3.01. The van der Waals surface area contributed by atoms with Crippen LogP contribution in [0.2, 0.25) is 0 Å². The van der Waals surface area contributed by atoms with Gasteiger partial charge < -0.3 is 4.84 Å². The van der Waals surface area contributed by atoms with Gasteiger partial charge in [0.25, 0.3) is 10.1 Å². The minimum absolute atomic E-state index is 0.162. The summed E-state index contributed by atoms with van der Waals surface area (Å²) in [6.45, 7) is 2.51. The van der Waals surface area contributed by atoms with Crippen LogP contribution >= 0.6 is 0 Å². The molecule has 0 unspecified atom stereocenters. The molecule has 2 rings (SSSR count). The van der Waals surface area contributed by atoms with Gasteiger partial charge in [-0.2, -0.15) is 8.42 Å². The highest BCUT2D eigenvalue weighted by Crippen LogP contribution is 2.13. The summed E-state index contributed by atoms with van der Waals surface area (Å²) in [5, 5.41) is 3.88. The molecule has 134 valence electrons. The maximum Gasteiger partial charge on any atom is 0.296 e. The van der Waals surface area contributed by atoms with E-state index in [0.717, 1.165) is 17.5 Å². The van der Waals surface area contributed by atoms with Gasteiger partial charge in [0.15, 0.2) is 0 Å². The molecule has 0 radical (unpaired) electrons. The highest BCUT2D eigenvalue weighted by atomic mass is 32.2. The summed E-state index contributed by atoms with van der Waals surface area (Å²) in [6.07, 6.45) is 3.82. The van der Waals surface area contributed by atoms with Gasteiger partial charge in [-0.05, 0) is 43.9 Å². The molecule has 0 aromatic heterocycles. The average Bonchev–Trinajstić information content (AvgIpc) is 2.61. The van der Waals surface area contributed by atoms with Crippen LogP contribution in [0.4, 0.5) is 0 Å². The molecule has 5 nitrogen and oxygen atoms in total. The SMILES string of the molecule is Cc1ccc(S(=O)(=O)OCCCC/C=N/OCc2ccccc2)cc1. The molecule has 2 aromatic rings. The van der Waals surface area contributed by atoms with E-state index in [1.807, 2.05) is 37.3 Å². The van der Waals surface area contributed by atoms with Gasteiger partial charge in [-0.25, -0.2) is 0 Å². The van der Waals surface area contributed by atoms with E-state index in [1.165, 1.54) is 0 Å². The summed E-state index contributed by atoms with van der Waals surface area (Å²) in [4.78, 5) is 5.38. The van der Waals surface area contributed by atoms with Crippen LogP contribution in [0.15, 0.2) is 64.6 Å². The topological polar surface area (TPSA) is 65.0 Å².